The van der Waals surface area contributed by atoms with Crippen molar-refractivity contribution in [3.8, 4) is 0 Å². The summed E-state index contributed by atoms with van der Waals surface area (Å²) in [5.41, 5.74) is -0.312. The molecular weight excluding hydrogens is 188 g/mol. The zero-order valence-corrected chi connectivity index (χ0v) is 9.10. The Hall–Kier alpha value is 0.0700. The highest BCUT2D eigenvalue weighted by Gasteiger charge is 2.37. The van der Waals surface area contributed by atoms with Crippen LogP contribution in [0.4, 0.5) is 0 Å². The van der Waals surface area contributed by atoms with Gasteiger partial charge in [-0.2, -0.15) is 0 Å². The molecule has 1 atom stereocenters. The van der Waals surface area contributed by atoms with Gasteiger partial charge in [0.25, 0.3) is 0 Å². The highest BCUT2D eigenvalue weighted by atomic mass is 32.2. The summed E-state index contributed by atoms with van der Waals surface area (Å²) in [5.74, 6) is 0.269. The predicted octanol–water partition coefficient (Wildman–Crippen LogP) is 1.95. The Labute approximate surface area is 82.1 Å². The second-order valence-corrected chi connectivity index (χ2v) is 4.95. The van der Waals surface area contributed by atoms with Gasteiger partial charge in [-0.25, -0.2) is 4.21 Å². The lowest BCUT2D eigenvalue weighted by Gasteiger charge is -2.30. The molecule has 1 rings (SSSR count). The molecule has 0 amide bonds. The molecule has 4 heteroatoms. The van der Waals surface area contributed by atoms with Crippen molar-refractivity contribution in [1.29, 1.82) is 0 Å². The Balaban J connectivity index is 2.57. The third-order valence-electron chi connectivity index (χ3n) is 2.39. The molecule has 0 aromatic rings. The van der Waals surface area contributed by atoms with Crippen LogP contribution in [0.2, 0.25) is 0 Å². The van der Waals surface area contributed by atoms with Crippen molar-refractivity contribution in [2.75, 3.05) is 5.75 Å². The Bertz CT molecular complexity index is 185. The Morgan fingerprint density at radius 1 is 1.46 bits per heavy atom. The summed E-state index contributed by atoms with van der Waals surface area (Å²) in [5, 5.41) is 0. The lowest BCUT2D eigenvalue weighted by Crippen LogP contribution is -2.37. The highest BCUT2D eigenvalue weighted by Crippen LogP contribution is 2.34. The minimum absolute atomic E-state index is 0.140. The van der Waals surface area contributed by atoms with Gasteiger partial charge in [0.1, 0.15) is 0 Å². The van der Waals surface area contributed by atoms with E-state index in [4.69, 9.17) is 9.29 Å². The standard InChI is InChI=1S/C9H18O3S/c1-8(2)12-9(7-13(10)11)5-3-4-6-9/h8H,3-7H2,1-2H3,(H,10,11). The fourth-order valence-corrected chi connectivity index (χ4v) is 2.85. The summed E-state index contributed by atoms with van der Waals surface area (Å²) in [7, 11) is 0. The molecule has 0 bridgehead atoms. The topological polar surface area (TPSA) is 46.5 Å². The minimum atomic E-state index is -1.74. The van der Waals surface area contributed by atoms with Crippen LogP contribution in [-0.2, 0) is 15.8 Å². The molecule has 78 valence electrons. The van der Waals surface area contributed by atoms with E-state index in [-0.39, 0.29) is 17.5 Å². The summed E-state index contributed by atoms with van der Waals surface area (Å²) in [6.45, 7) is 3.95. The maximum Gasteiger partial charge on any atom is 0.155 e. The van der Waals surface area contributed by atoms with Gasteiger partial charge in [0, 0.05) is 0 Å². The van der Waals surface area contributed by atoms with Crippen LogP contribution in [0, 0.1) is 0 Å². The number of hydrogen-bond donors (Lipinski definition) is 1. The van der Waals surface area contributed by atoms with Crippen molar-refractivity contribution < 1.29 is 13.5 Å². The van der Waals surface area contributed by atoms with E-state index in [1.807, 2.05) is 13.8 Å². The molecular formula is C9H18O3S. The molecule has 1 N–H and O–H groups in total. The SMILES string of the molecule is CC(C)OC1(CS(=O)O)CCCC1. The van der Waals surface area contributed by atoms with Crippen LogP contribution in [0.15, 0.2) is 0 Å². The van der Waals surface area contributed by atoms with E-state index < -0.39 is 11.1 Å². The van der Waals surface area contributed by atoms with Crippen LogP contribution in [0.1, 0.15) is 39.5 Å². The van der Waals surface area contributed by atoms with Crippen molar-refractivity contribution >= 4 is 11.1 Å². The molecule has 0 aromatic carbocycles. The van der Waals surface area contributed by atoms with Crippen molar-refractivity contribution in [3.63, 3.8) is 0 Å². The zero-order chi connectivity index (χ0) is 9.90. The van der Waals surface area contributed by atoms with Gasteiger partial charge in [-0.05, 0) is 26.7 Å². The van der Waals surface area contributed by atoms with E-state index >= 15 is 0 Å². The van der Waals surface area contributed by atoms with Gasteiger partial charge in [0.05, 0.1) is 17.5 Å². The number of hydrogen-bond acceptors (Lipinski definition) is 2. The fraction of sp³-hybridized carbons (Fsp3) is 1.00. The Kier molecular flexibility index (Phi) is 3.88. The number of rotatable bonds is 4. The first-order valence-electron chi connectivity index (χ1n) is 4.79. The Morgan fingerprint density at radius 3 is 2.38 bits per heavy atom. The third kappa shape index (κ3) is 3.37. The first kappa shape index (κ1) is 11.1. The van der Waals surface area contributed by atoms with Crippen molar-refractivity contribution in [3.05, 3.63) is 0 Å². The van der Waals surface area contributed by atoms with E-state index in [0.717, 1.165) is 25.7 Å². The molecule has 0 heterocycles. The highest BCUT2D eigenvalue weighted by molar-refractivity contribution is 7.79. The summed E-state index contributed by atoms with van der Waals surface area (Å²) >= 11 is -1.74. The molecule has 0 saturated heterocycles. The van der Waals surface area contributed by atoms with E-state index in [0.29, 0.717) is 0 Å². The smallest absolute Gasteiger partial charge is 0.155 e. The molecule has 1 aliphatic carbocycles. The van der Waals surface area contributed by atoms with E-state index in [1.165, 1.54) is 0 Å². The molecule has 1 saturated carbocycles. The second kappa shape index (κ2) is 4.53. The van der Waals surface area contributed by atoms with Gasteiger partial charge in [-0.15, -0.1) is 0 Å². The van der Waals surface area contributed by atoms with Crippen LogP contribution in [0.25, 0.3) is 0 Å². The van der Waals surface area contributed by atoms with E-state index in [2.05, 4.69) is 0 Å². The molecule has 0 radical (unpaired) electrons. The van der Waals surface area contributed by atoms with Crippen molar-refractivity contribution in [2.24, 2.45) is 0 Å². The maximum atomic E-state index is 10.8. The average Bonchev–Trinajstić information content (AvgIpc) is 2.33. The van der Waals surface area contributed by atoms with Gasteiger partial charge >= 0.3 is 0 Å². The van der Waals surface area contributed by atoms with Crippen molar-refractivity contribution in [1.82, 2.24) is 0 Å². The Morgan fingerprint density at radius 2 is 2.00 bits per heavy atom. The third-order valence-corrected chi connectivity index (χ3v) is 3.16. The van der Waals surface area contributed by atoms with Crippen molar-refractivity contribution in [2.45, 2.75) is 51.2 Å². The summed E-state index contributed by atoms with van der Waals surface area (Å²) in [4.78, 5) is 0. The van der Waals surface area contributed by atoms with Crippen LogP contribution in [0.5, 0.6) is 0 Å². The molecule has 1 aliphatic rings. The van der Waals surface area contributed by atoms with Crippen LogP contribution >= 0.6 is 0 Å². The van der Waals surface area contributed by atoms with Crippen LogP contribution in [-0.4, -0.2) is 26.2 Å². The van der Waals surface area contributed by atoms with Gasteiger partial charge < -0.3 is 9.29 Å². The normalized spacial score (nSPS) is 23.7. The fourth-order valence-electron chi connectivity index (χ4n) is 2.04. The first-order chi connectivity index (χ1) is 6.04. The average molecular weight is 206 g/mol. The molecule has 0 aliphatic heterocycles. The van der Waals surface area contributed by atoms with E-state index in [9.17, 15) is 4.21 Å². The minimum Gasteiger partial charge on any atom is -0.371 e. The van der Waals surface area contributed by atoms with E-state index in [1.54, 1.807) is 0 Å². The molecule has 0 spiro atoms. The largest absolute Gasteiger partial charge is 0.371 e. The molecule has 1 unspecified atom stereocenters. The summed E-state index contributed by atoms with van der Waals surface area (Å²) in [6.07, 6.45) is 4.23. The molecule has 13 heavy (non-hydrogen) atoms. The van der Waals surface area contributed by atoms with Gasteiger partial charge in [-0.1, -0.05) is 12.8 Å². The van der Waals surface area contributed by atoms with Gasteiger partial charge in [-0.3, -0.25) is 0 Å². The summed E-state index contributed by atoms with van der Waals surface area (Å²) in [6, 6.07) is 0. The maximum absolute atomic E-state index is 10.8. The lowest BCUT2D eigenvalue weighted by molar-refractivity contribution is -0.0604. The monoisotopic (exact) mass is 206 g/mol. The predicted molar refractivity (Wildman–Crippen MR) is 53.1 cm³/mol. The first-order valence-corrected chi connectivity index (χ1v) is 6.07. The van der Waals surface area contributed by atoms with Crippen LogP contribution < -0.4 is 0 Å². The zero-order valence-electron chi connectivity index (χ0n) is 8.28. The number of ether oxygens (including phenoxy) is 1. The molecule has 1 fully saturated rings. The second-order valence-electron chi connectivity index (χ2n) is 4.02. The molecule has 3 nitrogen and oxygen atoms in total. The van der Waals surface area contributed by atoms with Crippen LogP contribution in [0.3, 0.4) is 0 Å². The van der Waals surface area contributed by atoms with Gasteiger partial charge in [0.15, 0.2) is 11.1 Å². The quantitative estimate of drug-likeness (QED) is 0.715. The summed E-state index contributed by atoms with van der Waals surface area (Å²) < 4.78 is 25.4. The lowest BCUT2D eigenvalue weighted by atomic mass is 10.1. The molecule has 0 aromatic heterocycles. The van der Waals surface area contributed by atoms with Gasteiger partial charge in [0.2, 0.25) is 0 Å².